The van der Waals surface area contributed by atoms with Gasteiger partial charge < -0.3 is 10.1 Å². The van der Waals surface area contributed by atoms with E-state index in [2.05, 4.69) is 31.1 Å². The van der Waals surface area contributed by atoms with Crippen molar-refractivity contribution in [2.24, 2.45) is 5.92 Å². The molecule has 90 valence electrons. The first-order chi connectivity index (χ1) is 7.72. The van der Waals surface area contributed by atoms with Crippen LogP contribution in [0.1, 0.15) is 32.9 Å². The predicted octanol–water partition coefficient (Wildman–Crippen LogP) is 2.62. The monoisotopic (exact) mass is 222 g/mol. The molecule has 0 aromatic carbocycles. The second-order valence-corrected chi connectivity index (χ2v) is 4.36. The van der Waals surface area contributed by atoms with Crippen LogP contribution in [0.5, 0.6) is 5.75 Å². The minimum absolute atomic E-state index is 0.673. The van der Waals surface area contributed by atoms with Crippen LogP contribution in [0.2, 0.25) is 0 Å². The molecular formula is C13H22N2O. The predicted molar refractivity (Wildman–Crippen MR) is 66.6 cm³/mol. The zero-order valence-electron chi connectivity index (χ0n) is 10.5. The molecule has 3 nitrogen and oxygen atoms in total. The Labute approximate surface area is 98.2 Å². The van der Waals surface area contributed by atoms with Gasteiger partial charge in [-0.2, -0.15) is 0 Å². The summed E-state index contributed by atoms with van der Waals surface area (Å²) in [6.07, 6.45) is 2.82. The first kappa shape index (κ1) is 13.0. The van der Waals surface area contributed by atoms with Gasteiger partial charge in [-0.1, -0.05) is 20.8 Å². The minimum atomic E-state index is 0.673. The lowest BCUT2D eigenvalue weighted by atomic mass is 10.2. The van der Waals surface area contributed by atoms with Gasteiger partial charge in [-0.05, 0) is 31.0 Å². The van der Waals surface area contributed by atoms with Crippen LogP contribution in [0.4, 0.5) is 0 Å². The minimum Gasteiger partial charge on any atom is -0.492 e. The average molecular weight is 222 g/mol. The molecule has 16 heavy (non-hydrogen) atoms. The number of hydrogen-bond donors (Lipinski definition) is 1. The van der Waals surface area contributed by atoms with Gasteiger partial charge in [0.15, 0.2) is 0 Å². The maximum Gasteiger partial charge on any atom is 0.137 e. The molecule has 1 N–H and O–H groups in total. The van der Waals surface area contributed by atoms with Gasteiger partial charge in [-0.15, -0.1) is 0 Å². The van der Waals surface area contributed by atoms with Crippen molar-refractivity contribution in [2.45, 2.75) is 33.7 Å². The summed E-state index contributed by atoms with van der Waals surface area (Å²) in [7, 11) is 0. The summed E-state index contributed by atoms with van der Waals surface area (Å²) in [4.78, 5) is 4.34. The van der Waals surface area contributed by atoms with Gasteiger partial charge in [0.1, 0.15) is 5.75 Å². The molecular weight excluding hydrogens is 200 g/mol. The van der Waals surface area contributed by atoms with Gasteiger partial charge >= 0.3 is 0 Å². The zero-order chi connectivity index (χ0) is 11.8. The Balaban J connectivity index is 2.33. The Bertz CT molecular complexity index is 282. The van der Waals surface area contributed by atoms with Crippen LogP contribution < -0.4 is 10.1 Å². The van der Waals surface area contributed by atoms with Crippen molar-refractivity contribution in [3.8, 4) is 5.75 Å². The van der Waals surface area contributed by atoms with Crippen molar-refractivity contribution >= 4 is 0 Å². The van der Waals surface area contributed by atoms with E-state index in [-0.39, 0.29) is 0 Å². The highest BCUT2D eigenvalue weighted by molar-refractivity contribution is 5.19. The summed E-state index contributed by atoms with van der Waals surface area (Å²) in [5, 5.41) is 3.36. The molecule has 0 bridgehead atoms. The lowest BCUT2D eigenvalue weighted by Gasteiger charge is -2.08. The van der Waals surface area contributed by atoms with Crippen LogP contribution >= 0.6 is 0 Å². The van der Waals surface area contributed by atoms with Crippen LogP contribution in [0.3, 0.4) is 0 Å². The molecule has 1 heterocycles. The quantitative estimate of drug-likeness (QED) is 0.770. The number of pyridine rings is 1. The Morgan fingerprint density at radius 1 is 1.38 bits per heavy atom. The van der Waals surface area contributed by atoms with Crippen molar-refractivity contribution in [3.63, 3.8) is 0 Å². The maximum atomic E-state index is 5.47. The third-order valence-corrected chi connectivity index (χ3v) is 2.13. The highest BCUT2D eigenvalue weighted by atomic mass is 16.5. The van der Waals surface area contributed by atoms with Crippen LogP contribution in [-0.4, -0.2) is 18.1 Å². The molecule has 1 aromatic heterocycles. The second kappa shape index (κ2) is 7.23. The zero-order valence-corrected chi connectivity index (χ0v) is 10.5. The van der Waals surface area contributed by atoms with E-state index in [9.17, 15) is 0 Å². The van der Waals surface area contributed by atoms with E-state index in [1.807, 2.05) is 12.1 Å². The summed E-state index contributed by atoms with van der Waals surface area (Å²) in [5.41, 5.74) is 1.06. The SMILES string of the molecule is CCCOc1ccc(CNCC(C)C)nc1. The van der Waals surface area contributed by atoms with E-state index in [1.165, 1.54) is 0 Å². The first-order valence-electron chi connectivity index (χ1n) is 6.00. The van der Waals surface area contributed by atoms with Gasteiger partial charge in [-0.25, -0.2) is 0 Å². The molecule has 0 aliphatic heterocycles. The third-order valence-electron chi connectivity index (χ3n) is 2.13. The fraction of sp³-hybridized carbons (Fsp3) is 0.615. The molecule has 0 aliphatic rings. The van der Waals surface area contributed by atoms with Gasteiger partial charge in [0.05, 0.1) is 18.5 Å². The standard InChI is InChI=1S/C13H22N2O/c1-4-7-16-13-6-5-12(15-10-13)9-14-8-11(2)3/h5-6,10-11,14H,4,7-9H2,1-3H3. The summed E-state index contributed by atoms with van der Waals surface area (Å²) >= 11 is 0. The molecule has 1 aromatic rings. The molecule has 0 spiro atoms. The largest absolute Gasteiger partial charge is 0.492 e. The van der Waals surface area contributed by atoms with Gasteiger partial charge in [0.25, 0.3) is 0 Å². The summed E-state index contributed by atoms with van der Waals surface area (Å²) < 4.78 is 5.47. The van der Waals surface area contributed by atoms with Crippen molar-refractivity contribution < 1.29 is 4.74 Å². The molecule has 0 fully saturated rings. The number of nitrogens with one attached hydrogen (secondary N) is 1. The fourth-order valence-electron chi connectivity index (χ4n) is 1.31. The molecule has 3 heteroatoms. The number of nitrogens with zero attached hydrogens (tertiary/aromatic N) is 1. The summed E-state index contributed by atoms with van der Waals surface area (Å²) in [5.74, 6) is 1.53. The summed E-state index contributed by atoms with van der Waals surface area (Å²) in [6.45, 7) is 9.09. The van der Waals surface area contributed by atoms with Crippen LogP contribution in [-0.2, 0) is 6.54 Å². The first-order valence-corrected chi connectivity index (χ1v) is 6.00. The van der Waals surface area contributed by atoms with Crippen LogP contribution in [0, 0.1) is 5.92 Å². The highest BCUT2D eigenvalue weighted by Gasteiger charge is 1.97. The Kier molecular flexibility index (Phi) is 5.86. The Morgan fingerprint density at radius 2 is 2.19 bits per heavy atom. The normalized spacial score (nSPS) is 10.8. The van der Waals surface area contributed by atoms with Crippen LogP contribution in [0.25, 0.3) is 0 Å². The van der Waals surface area contributed by atoms with E-state index < -0.39 is 0 Å². The average Bonchev–Trinajstić information content (AvgIpc) is 2.27. The molecule has 1 rings (SSSR count). The topological polar surface area (TPSA) is 34.1 Å². The summed E-state index contributed by atoms with van der Waals surface area (Å²) in [6, 6.07) is 3.99. The molecule has 0 saturated carbocycles. The fourth-order valence-corrected chi connectivity index (χ4v) is 1.31. The van der Waals surface area contributed by atoms with Gasteiger partial charge in [0, 0.05) is 6.54 Å². The smallest absolute Gasteiger partial charge is 0.137 e. The second-order valence-electron chi connectivity index (χ2n) is 4.36. The molecule has 0 atom stereocenters. The molecule has 0 unspecified atom stereocenters. The van der Waals surface area contributed by atoms with E-state index in [0.29, 0.717) is 5.92 Å². The van der Waals surface area contributed by atoms with Crippen molar-refractivity contribution in [1.29, 1.82) is 0 Å². The molecule has 0 radical (unpaired) electrons. The number of aromatic nitrogens is 1. The van der Waals surface area contributed by atoms with E-state index >= 15 is 0 Å². The van der Waals surface area contributed by atoms with Crippen LogP contribution in [0.15, 0.2) is 18.3 Å². The van der Waals surface area contributed by atoms with E-state index in [4.69, 9.17) is 4.74 Å². The van der Waals surface area contributed by atoms with Gasteiger partial charge in [-0.3, -0.25) is 4.98 Å². The highest BCUT2D eigenvalue weighted by Crippen LogP contribution is 2.09. The molecule has 0 amide bonds. The van der Waals surface area contributed by atoms with E-state index in [1.54, 1.807) is 6.20 Å². The lowest BCUT2D eigenvalue weighted by molar-refractivity contribution is 0.316. The molecule has 0 saturated heterocycles. The molecule has 0 aliphatic carbocycles. The Hall–Kier alpha value is -1.09. The van der Waals surface area contributed by atoms with Crippen molar-refractivity contribution in [1.82, 2.24) is 10.3 Å². The van der Waals surface area contributed by atoms with Gasteiger partial charge in [0.2, 0.25) is 0 Å². The lowest BCUT2D eigenvalue weighted by Crippen LogP contribution is -2.19. The third kappa shape index (κ3) is 5.12. The number of hydrogen-bond acceptors (Lipinski definition) is 3. The number of ether oxygens (including phenoxy) is 1. The maximum absolute atomic E-state index is 5.47. The van der Waals surface area contributed by atoms with Crippen molar-refractivity contribution in [3.05, 3.63) is 24.0 Å². The van der Waals surface area contributed by atoms with E-state index in [0.717, 1.165) is 37.6 Å². The number of rotatable bonds is 7. The Morgan fingerprint density at radius 3 is 2.75 bits per heavy atom. The van der Waals surface area contributed by atoms with Crippen molar-refractivity contribution in [2.75, 3.05) is 13.2 Å².